The van der Waals surface area contributed by atoms with Crippen LogP contribution in [-0.2, 0) is 0 Å². The second kappa shape index (κ2) is 2.65. The molecule has 2 atom stereocenters. The molecule has 0 amide bonds. The Morgan fingerprint density at radius 2 is 2.00 bits per heavy atom. The summed E-state index contributed by atoms with van der Waals surface area (Å²) in [6, 6.07) is 2.35. The number of nitriles is 1. The lowest BCUT2D eigenvalue weighted by Crippen LogP contribution is -2.71. The molecule has 13 heavy (non-hydrogen) atoms. The Balaban J connectivity index is 1.88. The molecular weight excluding hydrogens is 183 g/mol. The summed E-state index contributed by atoms with van der Waals surface area (Å²) in [5.74, 6) is 0. The molecule has 4 aliphatic heterocycles. The summed E-state index contributed by atoms with van der Waals surface area (Å²) in [6.07, 6.45) is 3.96. The van der Waals surface area contributed by atoms with E-state index in [-0.39, 0.29) is 7.92 Å². The molecule has 0 aromatic carbocycles. The first-order valence-electron chi connectivity index (χ1n) is 4.69. The Kier molecular flexibility index (Phi) is 1.66. The summed E-state index contributed by atoms with van der Waals surface area (Å²) >= 11 is 0. The molecule has 2 unspecified atom stereocenters. The molecule has 0 aromatic heterocycles. The molecule has 0 radical (unpaired) electrons. The summed E-state index contributed by atoms with van der Waals surface area (Å²) in [7, 11) is 0.201. The second-order valence-corrected chi connectivity index (χ2v) is 6.71. The van der Waals surface area contributed by atoms with Crippen LogP contribution < -0.4 is 0 Å². The molecule has 4 nitrogen and oxygen atoms in total. The van der Waals surface area contributed by atoms with Gasteiger partial charge in [0.05, 0.1) is 6.67 Å². The Morgan fingerprint density at radius 1 is 1.31 bits per heavy atom. The van der Waals surface area contributed by atoms with Gasteiger partial charge in [-0.1, -0.05) is 0 Å². The third kappa shape index (κ3) is 1.19. The maximum Gasteiger partial charge on any atom is 0.168 e. The summed E-state index contributed by atoms with van der Waals surface area (Å²) in [4.78, 5) is 5.05. The Morgan fingerprint density at radius 3 is 2.54 bits per heavy atom. The van der Waals surface area contributed by atoms with Crippen molar-refractivity contribution in [3.05, 3.63) is 0 Å². The van der Waals surface area contributed by atoms with Crippen LogP contribution in [0.2, 0.25) is 0 Å². The van der Waals surface area contributed by atoms with Crippen molar-refractivity contribution in [3.63, 3.8) is 0 Å². The fraction of sp³-hybridized carbons (Fsp3) is 0.875. The number of hydrogen-bond acceptors (Lipinski definition) is 3. The van der Waals surface area contributed by atoms with E-state index in [0.29, 0.717) is 6.54 Å². The van der Waals surface area contributed by atoms with Crippen LogP contribution in [0.15, 0.2) is 0 Å². The van der Waals surface area contributed by atoms with Crippen LogP contribution in [0.25, 0.3) is 0 Å². The van der Waals surface area contributed by atoms with E-state index in [0.717, 1.165) is 24.5 Å². The zero-order valence-corrected chi connectivity index (χ0v) is 8.58. The minimum Gasteiger partial charge on any atom is -0.283 e. The van der Waals surface area contributed by atoms with Gasteiger partial charge in [-0.05, 0) is 7.92 Å². The number of nitrogens with zero attached hydrogens (tertiary/aromatic N) is 4. The molecule has 0 aromatic rings. The van der Waals surface area contributed by atoms with Crippen LogP contribution >= 0.6 is 7.92 Å². The third-order valence-electron chi connectivity index (χ3n) is 3.11. The van der Waals surface area contributed by atoms with Crippen molar-refractivity contribution < 1.29 is 4.48 Å². The van der Waals surface area contributed by atoms with Gasteiger partial charge in [0.15, 0.2) is 6.54 Å². The highest BCUT2D eigenvalue weighted by Gasteiger charge is 2.49. The molecule has 4 fully saturated rings. The van der Waals surface area contributed by atoms with Crippen molar-refractivity contribution in [1.29, 1.82) is 5.26 Å². The molecule has 4 heterocycles. The normalized spacial score (nSPS) is 52.1. The zero-order valence-electron chi connectivity index (χ0n) is 7.69. The average Bonchev–Trinajstić information content (AvgIpc) is 2.00. The summed E-state index contributed by atoms with van der Waals surface area (Å²) in [5, 5.41) is 8.83. The Labute approximate surface area is 79.7 Å². The van der Waals surface area contributed by atoms with Crippen LogP contribution in [0.1, 0.15) is 0 Å². The van der Waals surface area contributed by atoms with Gasteiger partial charge < -0.3 is 0 Å². The van der Waals surface area contributed by atoms with Gasteiger partial charge in [0.2, 0.25) is 0 Å². The fourth-order valence-corrected chi connectivity index (χ4v) is 5.84. The van der Waals surface area contributed by atoms with Gasteiger partial charge in [-0.3, -0.25) is 4.48 Å². The van der Waals surface area contributed by atoms with Crippen molar-refractivity contribution in [2.24, 2.45) is 0 Å². The van der Waals surface area contributed by atoms with E-state index in [1.807, 2.05) is 0 Å². The Hall–Kier alpha value is -0.200. The van der Waals surface area contributed by atoms with Crippen molar-refractivity contribution in [3.8, 4) is 6.07 Å². The second-order valence-electron chi connectivity index (χ2n) is 4.52. The van der Waals surface area contributed by atoms with Crippen LogP contribution in [0.3, 0.4) is 0 Å². The van der Waals surface area contributed by atoms with Gasteiger partial charge in [0.1, 0.15) is 25.7 Å². The lowest BCUT2D eigenvalue weighted by molar-refractivity contribution is -0.942. The fourth-order valence-electron chi connectivity index (χ4n) is 2.96. The lowest BCUT2D eigenvalue weighted by atomic mass is 10.4. The van der Waals surface area contributed by atoms with E-state index < -0.39 is 0 Å². The highest BCUT2D eigenvalue weighted by atomic mass is 31.1. The molecule has 4 aliphatic rings. The first kappa shape index (κ1) is 8.14. The van der Waals surface area contributed by atoms with Gasteiger partial charge >= 0.3 is 0 Å². The smallest absolute Gasteiger partial charge is 0.168 e. The van der Waals surface area contributed by atoms with E-state index in [9.17, 15) is 0 Å². The molecule has 0 aliphatic carbocycles. The van der Waals surface area contributed by atoms with Crippen molar-refractivity contribution in [2.45, 2.75) is 0 Å². The number of quaternary nitrogens is 1. The van der Waals surface area contributed by atoms with E-state index in [1.165, 1.54) is 18.9 Å². The first-order valence-corrected chi connectivity index (χ1v) is 6.59. The largest absolute Gasteiger partial charge is 0.283 e. The monoisotopic (exact) mass is 197 g/mol. The van der Waals surface area contributed by atoms with Crippen LogP contribution in [0.5, 0.6) is 0 Å². The molecule has 4 bridgehead atoms. The summed E-state index contributed by atoms with van der Waals surface area (Å²) in [5.41, 5.74) is 0. The van der Waals surface area contributed by atoms with E-state index in [2.05, 4.69) is 15.9 Å². The molecule has 0 spiro atoms. The quantitative estimate of drug-likeness (QED) is 0.342. The van der Waals surface area contributed by atoms with Crippen molar-refractivity contribution in [1.82, 2.24) is 9.80 Å². The van der Waals surface area contributed by atoms with Gasteiger partial charge in [-0.25, -0.2) is 9.80 Å². The lowest BCUT2D eigenvalue weighted by Gasteiger charge is -2.59. The average molecular weight is 197 g/mol. The molecule has 0 saturated carbocycles. The number of rotatable bonds is 1. The molecule has 70 valence electrons. The van der Waals surface area contributed by atoms with E-state index in [1.54, 1.807) is 0 Å². The van der Waals surface area contributed by atoms with Crippen LogP contribution in [0, 0.1) is 11.3 Å². The predicted octanol–water partition coefficient (Wildman–Crippen LogP) is 0.198. The Bertz CT molecular complexity index is 237. The van der Waals surface area contributed by atoms with Gasteiger partial charge in [0, 0.05) is 12.6 Å². The molecule has 5 heteroatoms. The first-order chi connectivity index (χ1) is 6.30. The minimum atomic E-state index is 0.201. The molecule has 0 N–H and O–H groups in total. The van der Waals surface area contributed by atoms with Gasteiger partial charge in [-0.15, -0.1) is 0 Å². The van der Waals surface area contributed by atoms with Crippen LogP contribution in [-0.4, -0.2) is 59.7 Å². The van der Waals surface area contributed by atoms with Crippen molar-refractivity contribution in [2.75, 3.05) is 45.4 Å². The van der Waals surface area contributed by atoms with Gasteiger partial charge in [-0.2, -0.15) is 5.26 Å². The maximum absolute atomic E-state index is 8.83. The third-order valence-corrected chi connectivity index (χ3v) is 5.71. The molecular formula is C8H14N4P+. The van der Waals surface area contributed by atoms with Crippen LogP contribution in [0.4, 0.5) is 0 Å². The highest BCUT2D eigenvalue weighted by molar-refractivity contribution is 7.57. The number of hydrogen-bond donors (Lipinski definition) is 0. The highest BCUT2D eigenvalue weighted by Crippen LogP contribution is 2.50. The zero-order chi connectivity index (χ0) is 8.89. The minimum absolute atomic E-state index is 0.201. The standard InChI is InChI=1S/C8H14N4P/c9-1-2-12-4-10-3-11(5-12)7-13(6-10)8-12/h2-8H2/q+1. The SMILES string of the molecule is N#CC[N+]12CN3CN(CP(C3)C1)C2. The topological polar surface area (TPSA) is 30.3 Å². The van der Waals surface area contributed by atoms with E-state index >= 15 is 0 Å². The van der Waals surface area contributed by atoms with Gasteiger partial charge in [0.25, 0.3) is 0 Å². The maximum atomic E-state index is 8.83. The van der Waals surface area contributed by atoms with E-state index in [4.69, 9.17) is 5.26 Å². The molecule has 4 rings (SSSR count). The van der Waals surface area contributed by atoms with Crippen molar-refractivity contribution >= 4 is 7.92 Å². The summed E-state index contributed by atoms with van der Waals surface area (Å²) in [6.45, 7) is 4.13. The molecule has 4 saturated heterocycles. The predicted molar refractivity (Wildman–Crippen MR) is 50.5 cm³/mol. The summed E-state index contributed by atoms with van der Waals surface area (Å²) < 4.78 is 1.04.